The predicted octanol–water partition coefficient (Wildman–Crippen LogP) is 5.64. The number of rotatable bonds is 4. The Morgan fingerprint density at radius 3 is 2.50 bits per heavy atom. The number of aromatic nitrogens is 2. The van der Waals surface area contributed by atoms with E-state index in [1.165, 1.54) is 0 Å². The van der Waals surface area contributed by atoms with Crippen LogP contribution in [0.3, 0.4) is 0 Å². The monoisotopic (exact) mass is 507 g/mol. The number of hydrogen-bond acceptors (Lipinski definition) is 3. The van der Waals surface area contributed by atoms with E-state index in [0.717, 1.165) is 24.9 Å². The molecular formula is C22H20BrCl2N3O2. The van der Waals surface area contributed by atoms with Crippen LogP contribution < -0.4 is 5.32 Å². The zero-order chi connectivity index (χ0) is 21.3. The van der Waals surface area contributed by atoms with Gasteiger partial charge in [0.25, 0.3) is 5.91 Å². The highest BCUT2D eigenvalue weighted by Crippen LogP contribution is 2.34. The van der Waals surface area contributed by atoms with Crippen molar-refractivity contribution in [1.29, 1.82) is 0 Å². The molecule has 2 aromatic carbocycles. The van der Waals surface area contributed by atoms with Crippen molar-refractivity contribution in [2.45, 2.75) is 37.8 Å². The third-order valence-corrected chi connectivity index (χ3v) is 6.59. The van der Waals surface area contributed by atoms with Crippen LogP contribution in [-0.4, -0.2) is 32.7 Å². The van der Waals surface area contributed by atoms with Gasteiger partial charge in [-0.1, -0.05) is 48.2 Å². The number of nitrogens with zero attached hydrogens (tertiary/aromatic N) is 2. The molecule has 1 fully saturated rings. The summed E-state index contributed by atoms with van der Waals surface area (Å²) in [5.74, 6) is 0.193. The molecule has 5 nitrogen and oxygen atoms in total. The van der Waals surface area contributed by atoms with Crippen molar-refractivity contribution >= 4 is 45.0 Å². The zero-order valence-electron chi connectivity index (χ0n) is 16.0. The Morgan fingerprint density at radius 2 is 1.80 bits per heavy atom. The van der Waals surface area contributed by atoms with E-state index in [4.69, 9.17) is 23.2 Å². The molecule has 0 aliphatic heterocycles. The molecule has 4 rings (SSSR count). The smallest absolute Gasteiger partial charge is 0.273 e. The van der Waals surface area contributed by atoms with Crippen molar-refractivity contribution in [2.24, 2.45) is 0 Å². The fraction of sp³-hybridized carbons (Fsp3) is 0.273. The Bertz CT molecular complexity index is 1070. The molecule has 0 radical (unpaired) electrons. The molecule has 1 aliphatic rings. The minimum absolute atomic E-state index is 0.234. The van der Waals surface area contributed by atoms with Crippen LogP contribution in [0.4, 0.5) is 0 Å². The average molecular weight is 509 g/mol. The lowest BCUT2D eigenvalue weighted by Crippen LogP contribution is -2.45. The van der Waals surface area contributed by atoms with Crippen LogP contribution in [0.15, 0.2) is 53.1 Å². The first kappa shape index (κ1) is 21.4. The summed E-state index contributed by atoms with van der Waals surface area (Å²) in [5.41, 5.74) is 1.72. The number of hydrogen-bond donors (Lipinski definition) is 2. The molecule has 1 heterocycles. The van der Waals surface area contributed by atoms with Crippen molar-refractivity contribution in [3.05, 3.63) is 68.9 Å². The molecule has 8 heteroatoms. The summed E-state index contributed by atoms with van der Waals surface area (Å²) in [6, 6.07) is 14.3. The Balaban J connectivity index is 1.78. The topological polar surface area (TPSA) is 67.2 Å². The van der Waals surface area contributed by atoms with Gasteiger partial charge in [0.05, 0.1) is 17.2 Å². The van der Waals surface area contributed by atoms with Gasteiger partial charge in [-0.25, -0.2) is 4.98 Å². The Morgan fingerprint density at radius 1 is 1.10 bits per heavy atom. The number of carbonyl (C=O) groups excluding carboxylic acids is 1. The maximum Gasteiger partial charge on any atom is 0.273 e. The Hall–Kier alpha value is -1.86. The van der Waals surface area contributed by atoms with Crippen LogP contribution in [-0.2, 0) is 0 Å². The summed E-state index contributed by atoms with van der Waals surface area (Å²) in [5, 5.41) is 14.3. The molecule has 2 atom stereocenters. The first-order valence-electron chi connectivity index (χ1n) is 9.73. The minimum atomic E-state index is -0.539. The second-order valence-corrected chi connectivity index (χ2v) is 8.89. The lowest BCUT2D eigenvalue weighted by atomic mass is 9.92. The highest BCUT2D eigenvalue weighted by atomic mass is 79.9. The molecule has 156 valence electrons. The number of carbonyl (C=O) groups is 1. The quantitative estimate of drug-likeness (QED) is 0.479. The van der Waals surface area contributed by atoms with E-state index in [9.17, 15) is 9.90 Å². The third kappa shape index (κ3) is 4.28. The third-order valence-electron chi connectivity index (χ3n) is 5.28. The average Bonchev–Trinajstić information content (AvgIpc) is 3.08. The van der Waals surface area contributed by atoms with Gasteiger partial charge in [-0.3, -0.25) is 9.36 Å². The van der Waals surface area contributed by atoms with Crippen LogP contribution in [0.25, 0.3) is 17.1 Å². The van der Waals surface area contributed by atoms with Crippen LogP contribution in [0, 0.1) is 0 Å². The number of aliphatic hydroxyl groups is 1. The molecule has 1 saturated carbocycles. The number of amides is 1. The molecule has 0 bridgehead atoms. The van der Waals surface area contributed by atoms with Crippen LogP contribution in [0.5, 0.6) is 0 Å². The van der Waals surface area contributed by atoms with E-state index >= 15 is 0 Å². The molecule has 1 amide bonds. The van der Waals surface area contributed by atoms with Gasteiger partial charge in [-0.05, 0) is 65.2 Å². The fourth-order valence-corrected chi connectivity index (χ4v) is 4.70. The molecule has 1 aliphatic carbocycles. The summed E-state index contributed by atoms with van der Waals surface area (Å²) >= 11 is 16.1. The molecule has 2 N–H and O–H groups in total. The van der Waals surface area contributed by atoms with Gasteiger partial charge in [0.15, 0.2) is 5.69 Å². The van der Waals surface area contributed by atoms with E-state index in [0.29, 0.717) is 32.5 Å². The fourth-order valence-electron chi connectivity index (χ4n) is 3.71. The molecule has 0 unspecified atom stereocenters. The number of aliphatic hydroxyl groups excluding tert-OH is 1. The van der Waals surface area contributed by atoms with Crippen molar-refractivity contribution in [2.75, 3.05) is 0 Å². The largest absolute Gasteiger partial charge is 0.391 e. The van der Waals surface area contributed by atoms with Gasteiger partial charge in [0.2, 0.25) is 0 Å². The van der Waals surface area contributed by atoms with Crippen molar-refractivity contribution in [3.8, 4) is 17.1 Å². The number of nitrogens with one attached hydrogen (secondary N) is 1. The Kier molecular flexibility index (Phi) is 6.48. The molecule has 1 aromatic heterocycles. The number of benzene rings is 2. The van der Waals surface area contributed by atoms with Crippen LogP contribution >= 0.6 is 39.1 Å². The Labute approximate surface area is 193 Å². The van der Waals surface area contributed by atoms with Crippen molar-refractivity contribution in [3.63, 3.8) is 0 Å². The van der Waals surface area contributed by atoms with Gasteiger partial charge >= 0.3 is 0 Å². The normalized spacial score (nSPS) is 18.9. The van der Waals surface area contributed by atoms with E-state index in [1.807, 2.05) is 34.9 Å². The van der Waals surface area contributed by atoms with Gasteiger partial charge < -0.3 is 10.4 Å². The van der Waals surface area contributed by atoms with Gasteiger partial charge in [-0.15, -0.1) is 0 Å². The molecule has 0 saturated heterocycles. The predicted molar refractivity (Wildman–Crippen MR) is 122 cm³/mol. The summed E-state index contributed by atoms with van der Waals surface area (Å²) in [6.07, 6.45) is 2.85. The molecular weight excluding hydrogens is 489 g/mol. The number of imidazole rings is 1. The molecule has 0 spiro atoms. The van der Waals surface area contributed by atoms with E-state index in [-0.39, 0.29) is 17.6 Å². The van der Waals surface area contributed by atoms with Gasteiger partial charge in [0, 0.05) is 16.3 Å². The molecule has 30 heavy (non-hydrogen) atoms. The summed E-state index contributed by atoms with van der Waals surface area (Å²) < 4.78 is 2.33. The van der Waals surface area contributed by atoms with Gasteiger partial charge in [0.1, 0.15) is 10.4 Å². The zero-order valence-corrected chi connectivity index (χ0v) is 19.1. The van der Waals surface area contributed by atoms with Gasteiger partial charge in [-0.2, -0.15) is 0 Å². The SMILES string of the molecule is O=C(N[C@H]1CCCC[C@@H]1O)c1nc(-c2ccccc2Cl)n(-c2ccc(Cl)cc2)c1Br. The summed E-state index contributed by atoms with van der Waals surface area (Å²) in [4.78, 5) is 17.7. The maximum absolute atomic E-state index is 13.1. The molecule has 3 aromatic rings. The highest BCUT2D eigenvalue weighted by molar-refractivity contribution is 9.10. The minimum Gasteiger partial charge on any atom is -0.391 e. The standard InChI is InChI=1S/C22H20BrCl2N3O2/c23-20-19(22(30)26-17-7-3-4-8-18(17)29)27-21(15-5-1-2-6-16(15)25)28(20)14-11-9-13(24)10-12-14/h1-2,5-6,9-12,17-18,29H,3-4,7-8H2,(H,26,30)/t17-,18-/m0/s1. The lowest BCUT2D eigenvalue weighted by Gasteiger charge is -2.28. The van der Waals surface area contributed by atoms with Crippen LogP contribution in [0.1, 0.15) is 36.2 Å². The van der Waals surface area contributed by atoms with E-state index < -0.39 is 6.10 Å². The number of halogens is 3. The second-order valence-electron chi connectivity index (χ2n) is 7.30. The summed E-state index contributed by atoms with van der Waals surface area (Å²) in [6.45, 7) is 0. The van der Waals surface area contributed by atoms with Crippen molar-refractivity contribution in [1.82, 2.24) is 14.9 Å². The van der Waals surface area contributed by atoms with Crippen molar-refractivity contribution < 1.29 is 9.90 Å². The first-order valence-corrected chi connectivity index (χ1v) is 11.3. The van der Waals surface area contributed by atoms with E-state index in [1.54, 1.807) is 18.2 Å². The highest BCUT2D eigenvalue weighted by Gasteiger charge is 2.29. The van der Waals surface area contributed by atoms with Crippen LogP contribution in [0.2, 0.25) is 10.0 Å². The summed E-state index contributed by atoms with van der Waals surface area (Å²) in [7, 11) is 0. The van der Waals surface area contributed by atoms with E-state index in [2.05, 4.69) is 26.2 Å². The maximum atomic E-state index is 13.1. The first-order chi connectivity index (χ1) is 14.5. The second kappa shape index (κ2) is 9.10. The lowest BCUT2D eigenvalue weighted by molar-refractivity contribution is 0.0713.